The van der Waals surface area contributed by atoms with Gasteiger partial charge < -0.3 is 0 Å². The largest absolute Gasteiger partial charge is 0.221 e. The van der Waals surface area contributed by atoms with Crippen molar-refractivity contribution in [1.29, 1.82) is 0 Å². The highest BCUT2D eigenvalue weighted by molar-refractivity contribution is 5.95. The van der Waals surface area contributed by atoms with Crippen molar-refractivity contribution in [3.8, 4) is 22.5 Å². The molecule has 2 heterocycles. The van der Waals surface area contributed by atoms with Gasteiger partial charge in [0.2, 0.25) is 11.4 Å². The summed E-state index contributed by atoms with van der Waals surface area (Å²) in [7, 11) is 0. The van der Waals surface area contributed by atoms with Gasteiger partial charge in [-0.3, -0.25) is 0 Å². The van der Waals surface area contributed by atoms with E-state index in [1.54, 1.807) is 0 Å². The molecule has 1 heteroatoms. The summed E-state index contributed by atoms with van der Waals surface area (Å²) in [5.41, 5.74) is 6.77. The van der Waals surface area contributed by atoms with Gasteiger partial charge in [0.15, 0.2) is 6.54 Å². The van der Waals surface area contributed by atoms with Crippen molar-refractivity contribution in [3.05, 3.63) is 90.5 Å². The number of hydrogen-bond donors (Lipinski definition) is 0. The van der Waals surface area contributed by atoms with E-state index in [9.17, 15) is 0 Å². The second-order valence-corrected chi connectivity index (χ2v) is 6.39. The van der Waals surface area contributed by atoms with Gasteiger partial charge in [0.1, 0.15) is 0 Å². The van der Waals surface area contributed by atoms with Gasteiger partial charge >= 0.3 is 0 Å². The number of pyridine rings is 1. The molecule has 0 bridgehead atoms. The highest BCUT2D eigenvalue weighted by Gasteiger charge is 2.28. The van der Waals surface area contributed by atoms with E-state index in [-0.39, 0.29) is 0 Å². The average molecular weight is 308 g/mol. The molecule has 0 saturated carbocycles. The average Bonchev–Trinajstić information content (AvgIpc) is 2.67. The first-order valence-corrected chi connectivity index (χ1v) is 8.51. The number of nitrogens with zero attached hydrogens (tertiary/aromatic N) is 1. The van der Waals surface area contributed by atoms with Crippen LogP contribution in [-0.4, -0.2) is 0 Å². The van der Waals surface area contributed by atoms with Gasteiger partial charge in [-0.2, -0.15) is 4.57 Å². The van der Waals surface area contributed by atoms with Crippen molar-refractivity contribution >= 4 is 10.8 Å². The summed E-state index contributed by atoms with van der Waals surface area (Å²) in [6, 6.07) is 30.6. The molecule has 0 fully saturated rings. The quantitative estimate of drug-likeness (QED) is 0.435. The Balaban J connectivity index is 1.92. The molecule has 1 nitrogen and oxygen atoms in total. The Morgan fingerprint density at radius 2 is 1.46 bits per heavy atom. The molecule has 0 aliphatic carbocycles. The molecule has 0 N–H and O–H groups in total. The van der Waals surface area contributed by atoms with Crippen LogP contribution >= 0.6 is 0 Å². The number of benzene rings is 3. The molecule has 0 amide bonds. The van der Waals surface area contributed by atoms with Crippen LogP contribution in [0.2, 0.25) is 0 Å². The lowest BCUT2D eigenvalue weighted by Gasteiger charge is -2.19. The second-order valence-electron chi connectivity index (χ2n) is 6.39. The molecular weight excluding hydrogens is 290 g/mol. The van der Waals surface area contributed by atoms with Crippen LogP contribution in [-0.2, 0) is 13.0 Å². The van der Waals surface area contributed by atoms with Gasteiger partial charge in [0.05, 0.1) is 10.9 Å². The Morgan fingerprint density at radius 1 is 0.708 bits per heavy atom. The third-order valence-electron chi connectivity index (χ3n) is 5.02. The first kappa shape index (κ1) is 13.5. The van der Waals surface area contributed by atoms with Gasteiger partial charge in [0, 0.05) is 18.1 Å². The van der Waals surface area contributed by atoms with Crippen LogP contribution in [0, 0.1) is 0 Å². The Morgan fingerprint density at radius 3 is 2.38 bits per heavy atom. The van der Waals surface area contributed by atoms with Crippen molar-refractivity contribution in [2.75, 3.05) is 0 Å². The van der Waals surface area contributed by atoms with Gasteiger partial charge in [-0.05, 0) is 35.2 Å². The normalized spacial score (nSPS) is 12.7. The molecule has 4 aromatic rings. The van der Waals surface area contributed by atoms with Gasteiger partial charge in [-0.1, -0.05) is 54.6 Å². The molecule has 0 saturated heterocycles. The fraction of sp³-hybridized carbons (Fsp3) is 0.0870. The Bertz CT molecular complexity index is 1050. The first-order chi connectivity index (χ1) is 11.9. The molecule has 0 spiro atoms. The molecule has 1 aliphatic heterocycles. The van der Waals surface area contributed by atoms with Crippen molar-refractivity contribution in [2.45, 2.75) is 13.0 Å². The van der Waals surface area contributed by atoms with E-state index < -0.39 is 0 Å². The van der Waals surface area contributed by atoms with Crippen LogP contribution in [0.5, 0.6) is 0 Å². The molecule has 5 rings (SSSR count). The summed E-state index contributed by atoms with van der Waals surface area (Å²) >= 11 is 0. The molecule has 0 atom stereocenters. The van der Waals surface area contributed by atoms with Crippen LogP contribution in [0.4, 0.5) is 0 Å². The SMILES string of the molecule is c1ccc(-c2cc3ccccc3c3[n+]2CCc2ccccc2-3)cc1. The molecular formula is C23H18N+. The van der Waals surface area contributed by atoms with Crippen LogP contribution < -0.4 is 4.57 Å². The van der Waals surface area contributed by atoms with Crippen molar-refractivity contribution in [1.82, 2.24) is 0 Å². The third kappa shape index (κ3) is 1.98. The molecule has 1 aliphatic rings. The van der Waals surface area contributed by atoms with Crippen LogP contribution in [0.15, 0.2) is 84.9 Å². The summed E-state index contributed by atoms with van der Waals surface area (Å²) in [5, 5.41) is 2.64. The topological polar surface area (TPSA) is 3.88 Å². The fourth-order valence-corrected chi connectivity index (χ4v) is 3.90. The van der Waals surface area contributed by atoms with Crippen LogP contribution in [0.3, 0.4) is 0 Å². The summed E-state index contributed by atoms with van der Waals surface area (Å²) in [6.07, 6.45) is 1.09. The summed E-state index contributed by atoms with van der Waals surface area (Å²) in [6.45, 7) is 1.03. The molecule has 0 radical (unpaired) electrons. The zero-order valence-corrected chi connectivity index (χ0v) is 13.4. The predicted molar refractivity (Wildman–Crippen MR) is 98.7 cm³/mol. The van der Waals surface area contributed by atoms with E-state index in [4.69, 9.17) is 0 Å². The minimum absolute atomic E-state index is 1.03. The summed E-state index contributed by atoms with van der Waals surface area (Å²) in [4.78, 5) is 0. The monoisotopic (exact) mass is 308 g/mol. The van der Waals surface area contributed by atoms with Gasteiger partial charge in [-0.25, -0.2) is 0 Å². The van der Waals surface area contributed by atoms with E-state index in [2.05, 4.69) is 89.5 Å². The van der Waals surface area contributed by atoms with E-state index in [1.807, 2.05) is 0 Å². The summed E-state index contributed by atoms with van der Waals surface area (Å²) in [5.74, 6) is 0. The highest BCUT2D eigenvalue weighted by Crippen LogP contribution is 2.34. The van der Waals surface area contributed by atoms with Crippen molar-refractivity contribution in [3.63, 3.8) is 0 Å². The van der Waals surface area contributed by atoms with Gasteiger partial charge in [0.25, 0.3) is 0 Å². The Labute approximate surface area is 141 Å². The minimum atomic E-state index is 1.03. The number of hydrogen-bond acceptors (Lipinski definition) is 0. The standard InChI is InChI=1S/C23H18N/c1-2-9-18(10-3-1)22-16-19-11-5-7-13-21(19)23-20-12-6-4-8-17(20)14-15-24(22)23/h1-13,16H,14-15H2/q+1. The van der Waals surface area contributed by atoms with Crippen molar-refractivity contribution in [2.24, 2.45) is 0 Å². The number of rotatable bonds is 1. The lowest BCUT2D eigenvalue weighted by atomic mass is 9.92. The summed E-state index contributed by atoms with van der Waals surface area (Å²) < 4.78 is 2.50. The third-order valence-corrected chi connectivity index (χ3v) is 5.02. The fourth-order valence-electron chi connectivity index (χ4n) is 3.90. The maximum atomic E-state index is 2.50. The number of aromatic nitrogens is 1. The lowest BCUT2D eigenvalue weighted by Crippen LogP contribution is -2.42. The second kappa shape index (κ2) is 5.31. The first-order valence-electron chi connectivity index (χ1n) is 8.51. The van der Waals surface area contributed by atoms with E-state index in [0.29, 0.717) is 0 Å². The zero-order chi connectivity index (χ0) is 15.9. The van der Waals surface area contributed by atoms with E-state index in [1.165, 1.54) is 38.9 Å². The van der Waals surface area contributed by atoms with Crippen molar-refractivity contribution < 1.29 is 4.57 Å². The van der Waals surface area contributed by atoms with Crippen LogP contribution in [0.1, 0.15) is 5.56 Å². The smallest absolute Gasteiger partial charge is 0.190 e. The zero-order valence-electron chi connectivity index (χ0n) is 13.4. The number of aryl methyl sites for hydroxylation is 1. The maximum Gasteiger partial charge on any atom is 0.221 e. The molecule has 0 unspecified atom stereocenters. The van der Waals surface area contributed by atoms with Crippen LogP contribution in [0.25, 0.3) is 33.3 Å². The maximum absolute atomic E-state index is 2.50. The number of fused-ring (bicyclic) bond motifs is 5. The predicted octanol–water partition coefficient (Wildman–Crippen LogP) is 5.02. The molecule has 24 heavy (non-hydrogen) atoms. The minimum Gasteiger partial charge on any atom is -0.190 e. The Kier molecular flexibility index (Phi) is 2.99. The molecule has 114 valence electrons. The molecule has 3 aromatic carbocycles. The Hall–Kier alpha value is -2.93. The highest BCUT2D eigenvalue weighted by atomic mass is 15.0. The van der Waals surface area contributed by atoms with Gasteiger partial charge in [-0.15, -0.1) is 0 Å². The lowest BCUT2D eigenvalue weighted by molar-refractivity contribution is -0.675. The van der Waals surface area contributed by atoms with E-state index >= 15 is 0 Å². The molecule has 1 aromatic heterocycles. The van der Waals surface area contributed by atoms with E-state index in [0.717, 1.165) is 13.0 Å².